The Hall–Kier alpha value is -0.520. The van der Waals surface area contributed by atoms with E-state index >= 15 is 0 Å². The Balaban J connectivity index is 3.34. The van der Waals surface area contributed by atoms with Crippen molar-refractivity contribution in [2.24, 2.45) is 0 Å². The van der Waals surface area contributed by atoms with E-state index in [4.69, 9.17) is 0 Å². The fraction of sp³-hybridized carbons (Fsp3) is 0.714. The molecular formula is C14H26. The van der Waals surface area contributed by atoms with Crippen LogP contribution >= 0.6 is 0 Å². The van der Waals surface area contributed by atoms with E-state index < -0.39 is 0 Å². The zero-order chi connectivity index (χ0) is 10.6. The van der Waals surface area contributed by atoms with Gasteiger partial charge < -0.3 is 0 Å². The first-order valence-corrected chi connectivity index (χ1v) is 6.14. The Labute approximate surface area is 90.1 Å². The van der Waals surface area contributed by atoms with Crippen LogP contribution in [0.5, 0.6) is 0 Å². The molecule has 0 bridgehead atoms. The van der Waals surface area contributed by atoms with E-state index in [0.29, 0.717) is 0 Å². The van der Waals surface area contributed by atoms with Crippen molar-refractivity contribution in [2.75, 3.05) is 0 Å². The zero-order valence-corrected chi connectivity index (χ0v) is 10.2. The molecule has 0 saturated heterocycles. The van der Waals surface area contributed by atoms with Gasteiger partial charge in [-0.2, -0.15) is 0 Å². The van der Waals surface area contributed by atoms with Crippen molar-refractivity contribution in [3.8, 4) is 0 Å². The van der Waals surface area contributed by atoms with Crippen LogP contribution in [0.2, 0.25) is 0 Å². The molecule has 0 N–H and O–H groups in total. The molecule has 0 rings (SSSR count). The molecule has 0 amide bonds. The van der Waals surface area contributed by atoms with Crippen LogP contribution in [0.15, 0.2) is 23.8 Å². The zero-order valence-electron chi connectivity index (χ0n) is 10.2. The van der Waals surface area contributed by atoms with E-state index in [0.717, 1.165) is 0 Å². The summed E-state index contributed by atoms with van der Waals surface area (Å²) in [6.07, 6.45) is 15.9. The molecule has 14 heavy (non-hydrogen) atoms. The Morgan fingerprint density at radius 2 is 1.71 bits per heavy atom. The van der Waals surface area contributed by atoms with E-state index in [1.807, 2.05) is 0 Å². The first-order valence-electron chi connectivity index (χ1n) is 6.14. The van der Waals surface area contributed by atoms with E-state index in [9.17, 15) is 0 Å². The maximum Gasteiger partial charge on any atom is -0.0286 e. The Bertz CT molecular complexity index is 163. The molecule has 0 aromatic carbocycles. The van der Waals surface area contributed by atoms with Crippen molar-refractivity contribution in [3.05, 3.63) is 23.8 Å². The molecule has 0 aliphatic carbocycles. The van der Waals surface area contributed by atoms with E-state index in [2.05, 4.69) is 39.0 Å². The number of hydrogen-bond acceptors (Lipinski definition) is 0. The predicted octanol–water partition coefficient (Wildman–Crippen LogP) is 5.26. The molecule has 0 aromatic rings. The molecule has 0 spiro atoms. The van der Waals surface area contributed by atoms with Crippen molar-refractivity contribution in [2.45, 2.75) is 65.7 Å². The Morgan fingerprint density at radius 1 is 1.00 bits per heavy atom. The average Bonchev–Trinajstić information content (AvgIpc) is 2.22. The fourth-order valence-corrected chi connectivity index (χ4v) is 1.54. The number of unbranched alkanes of at least 4 members (excludes halogenated alkanes) is 3. The van der Waals surface area contributed by atoms with Gasteiger partial charge in [-0.3, -0.25) is 0 Å². The summed E-state index contributed by atoms with van der Waals surface area (Å²) in [6.45, 7) is 6.63. The van der Waals surface area contributed by atoms with E-state index in [-0.39, 0.29) is 0 Å². The Morgan fingerprint density at radius 3 is 2.29 bits per heavy atom. The largest absolute Gasteiger partial charge is 0.0885 e. The summed E-state index contributed by atoms with van der Waals surface area (Å²) in [5, 5.41) is 0. The standard InChI is InChI=1S/C14H26/c1-4-7-8-9-10-11-12-13-14(5-2)6-3/h5,10-11H,4,6-9,12-13H2,1-3H3. The van der Waals surface area contributed by atoms with Crippen LogP contribution in [0.3, 0.4) is 0 Å². The molecule has 0 fully saturated rings. The molecule has 0 aliphatic rings. The van der Waals surface area contributed by atoms with Crippen molar-refractivity contribution >= 4 is 0 Å². The molecular weight excluding hydrogens is 168 g/mol. The Kier molecular flexibility index (Phi) is 10.2. The van der Waals surface area contributed by atoms with Crippen molar-refractivity contribution < 1.29 is 0 Å². The lowest BCUT2D eigenvalue weighted by Gasteiger charge is -1.99. The third kappa shape index (κ3) is 8.10. The highest BCUT2D eigenvalue weighted by Crippen LogP contribution is 2.09. The SMILES string of the molecule is CC=C(CC)CCC=CCCCCC. The van der Waals surface area contributed by atoms with Crippen LogP contribution in [0, 0.1) is 0 Å². The van der Waals surface area contributed by atoms with Gasteiger partial charge >= 0.3 is 0 Å². The summed E-state index contributed by atoms with van der Waals surface area (Å²) < 4.78 is 0. The first-order chi connectivity index (χ1) is 6.85. The maximum absolute atomic E-state index is 2.35. The smallest absolute Gasteiger partial charge is 0.0286 e. The summed E-state index contributed by atoms with van der Waals surface area (Å²) >= 11 is 0. The molecule has 0 heteroatoms. The molecule has 0 aliphatic heterocycles. The summed E-state index contributed by atoms with van der Waals surface area (Å²) in [5.74, 6) is 0. The number of allylic oxidation sites excluding steroid dienone is 4. The van der Waals surface area contributed by atoms with Gasteiger partial charge in [0.15, 0.2) is 0 Å². The predicted molar refractivity (Wildman–Crippen MR) is 66.6 cm³/mol. The highest BCUT2D eigenvalue weighted by atomic mass is 14.0. The summed E-state index contributed by atoms with van der Waals surface area (Å²) in [7, 11) is 0. The molecule has 0 atom stereocenters. The minimum Gasteiger partial charge on any atom is -0.0885 e. The minimum atomic E-state index is 1.21. The quantitative estimate of drug-likeness (QED) is 0.365. The fourth-order valence-electron chi connectivity index (χ4n) is 1.54. The van der Waals surface area contributed by atoms with Gasteiger partial charge in [0.25, 0.3) is 0 Å². The van der Waals surface area contributed by atoms with Crippen LogP contribution in [-0.2, 0) is 0 Å². The van der Waals surface area contributed by atoms with Gasteiger partial charge in [-0.05, 0) is 39.0 Å². The molecule has 0 nitrogen and oxygen atoms in total. The highest BCUT2D eigenvalue weighted by Gasteiger charge is 1.89. The molecule has 0 unspecified atom stereocenters. The topological polar surface area (TPSA) is 0 Å². The third-order valence-electron chi connectivity index (χ3n) is 2.64. The van der Waals surface area contributed by atoms with Crippen LogP contribution in [0.25, 0.3) is 0 Å². The summed E-state index contributed by atoms with van der Waals surface area (Å²) in [6, 6.07) is 0. The van der Waals surface area contributed by atoms with Crippen molar-refractivity contribution in [1.29, 1.82) is 0 Å². The lowest BCUT2D eigenvalue weighted by Crippen LogP contribution is -1.79. The lowest BCUT2D eigenvalue weighted by molar-refractivity contribution is 0.727. The van der Waals surface area contributed by atoms with Gasteiger partial charge in [-0.25, -0.2) is 0 Å². The third-order valence-corrected chi connectivity index (χ3v) is 2.64. The van der Waals surface area contributed by atoms with Crippen LogP contribution in [0.1, 0.15) is 65.7 Å². The minimum absolute atomic E-state index is 1.21. The first kappa shape index (κ1) is 13.5. The summed E-state index contributed by atoms with van der Waals surface area (Å²) in [5.41, 5.74) is 1.59. The number of rotatable bonds is 8. The van der Waals surface area contributed by atoms with Gasteiger partial charge in [-0.15, -0.1) is 0 Å². The van der Waals surface area contributed by atoms with Gasteiger partial charge in [0.05, 0.1) is 0 Å². The second kappa shape index (κ2) is 10.6. The lowest BCUT2D eigenvalue weighted by atomic mass is 10.1. The van der Waals surface area contributed by atoms with Gasteiger partial charge in [0.1, 0.15) is 0 Å². The highest BCUT2D eigenvalue weighted by molar-refractivity contribution is 5.00. The van der Waals surface area contributed by atoms with Crippen LogP contribution < -0.4 is 0 Å². The monoisotopic (exact) mass is 194 g/mol. The normalized spacial score (nSPS) is 12.6. The van der Waals surface area contributed by atoms with E-state index in [1.165, 1.54) is 44.9 Å². The molecule has 0 aromatic heterocycles. The van der Waals surface area contributed by atoms with E-state index in [1.54, 1.807) is 5.57 Å². The number of hydrogen-bond donors (Lipinski definition) is 0. The van der Waals surface area contributed by atoms with Gasteiger partial charge in [0, 0.05) is 0 Å². The molecule has 82 valence electrons. The van der Waals surface area contributed by atoms with Crippen LogP contribution in [0.4, 0.5) is 0 Å². The summed E-state index contributed by atoms with van der Waals surface area (Å²) in [4.78, 5) is 0. The molecule has 0 heterocycles. The van der Waals surface area contributed by atoms with Gasteiger partial charge in [0.2, 0.25) is 0 Å². The van der Waals surface area contributed by atoms with Gasteiger partial charge in [-0.1, -0.05) is 50.5 Å². The van der Waals surface area contributed by atoms with Crippen LogP contribution in [-0.4, -0.2) is 0 Å². The molecule has 0 radical (unpaired) electrons. The van der Waals surface area contributed by atoms with Crippen molar-refractivity contribution in [3.63, 3.8) is 0 Å². The molecule has 0 saturated carbocycles. The average molecular weight is 194 g/mol. The maximum atomic E-state index is 2.35. The second-order valence-corrected chi connectivity index (χ2v) is 3.81. The van der Waals surface area contributed by atoms with Crippen molar-refractivity contribution in [1.82, 2.24) is 0 Å². The second-order valence-electron chi connectivity index (χ2n) is 3.81.